The van der Waals surface area contributed by atoms with E-state index in [0.717, 1.165) is 6.61 Å². The molecule has 0 N–H and O–H groups in total. The Kier molecular flexibility index (Phi) is 10.1. The normalized spacial score (nSPS) is 19.5. The molecule has 2 fully saturated rings. The van der Waals surface area contributed by atoms with Gasteiger partial charge in [0.25, 0.3) is 0 Å². The van der Waals surface area contributed by atoms with Gasteiger partial charge in [-0.05, 0) is 70.3 Å². The first-order chi connectivity index (χ1) is 9.92. The van der Waals surface area contributed by atoms with Crippen molar-refractivity contribution in [2.45, 2.75) is 13.0 Å². The van der Waals surface area contributed by atoms with E-state index in [1.807, 2.05) is 70.1 Å². The first kappa shape index (κ1) is 18.7. The van der Waals surface area contributed by atoms with Gasteiger partial charge in [0.15, 0.2) is 0 Å². The van der Waals surface area contributed by atoms with E-state index in [-0.39, 0.29) is 23.2 Å². The van der Waals surface area contributed by atoms with Gasteiger partial charge in [0.1, 0.15) is 0 Å². The summed E-state index contributed by atoms with van der Waals surface area (Å²) in [6.45, 7) is 2.75. The summed E-state index contributed by atoms with van der Waals surface area (Å²) in [6, 6.07) is 10.3. The summed E-state index contributed by atoms with van der Waals surface area (Å²) < 4.78 is 5.77. The third-order valence-corrected chi connectivity index (χ3v) is 2.98. The largest absolute Gasteiger partial charge is 2.00 e. The van der Waals surface area contributed by atoms with Crippen molar-refractivity contribution in [3.63, 3.8) is 0 Å². The quantitative estimate of drug-likeness (QED) is 0.756. The molecule has 0 spiro atoms. The zero-order chi connectivity index (χ0) is 14.0. The predicted octanol–water partition coefficient (Wildman–Crippen LogP) is 4.19. The maximum absolute atomic E-state index is 5.77. The van der Waals surface area contributed by atoms with Gasteiger partial charge in [-0.3, -0.25) is 0 Å². The van der Waals surface area contributed by atoms with Crippen molar-refractivity contribution < 1.29 is 21.8 Å². The van der Waals surface area contributed by atoms with Crippen LogP contribution in [0.4, 0.5) is 0 Å². The first-order valence-corrected chi connectivity index (χ1v) is 6.96. The molecule has 1 aromatic carbocycles. The Morgan fingerprint density at radius 1 is 0.810 bits per heavy atom. The van der Waals surface area contributed by atoms with Crippen LogP contribution < -0.4 is 0 Å². The smallest absolute Gasteiger partial charge is 0.373 e. The van der Waals surface area contributed by atoms with E-state index >= 15 is 0 Å². The summed E-state index contributed by atoms with van der Waals surface area (Å²) in [4.78, 5) is 0. The van der Waals surface area contributed by atoms with Gasteiger partial charge in [-0.15, -0.1) is 0 Å². The maximum Gasteiger partial charge on any atom is 2.00 e. The van der Waals surface area contributed by atoms with Crippen LogP contribution >= 0.6 is 0 Å². The molecule has 2 aliphatic carbocycles. The van der Waals surface area contributed by atoms with Crippen LogP contribution in [0, 0.1) is 63.7 Å². The van der Waals surface area contributed by atoms with Crippen molar-refractivity contribution in [3.05, 3.63) is 99.6 Å². The second-order valence-electron chi connectivity index (χ2n) is 4.43. The Hall–Kier alpha value is -0.301. The number of ether oxygens (including phenoxy) is 1. The van der Waals surface area contributed by atoms with Crippen LogP contribution in [0.2, 0.25) is 0 Å². The average Bonchev–Trinajstić information content (AvgIpc) is 3.21. The second-order valence-corrected chi connectivity index (χ2v) is 4.43. The van der Waals surface area contributed by atoms with Gasteiger partial charge < -0.3 is 4.74 Å². The molecule has 3 rings (SSSR count). The SMILES string of the molecule is CCOC([C]1[CH][CH][CH][CH]1)c1ccccc1.[CH]1[CH][CH][CH][CH]1.[Fe+2]. The number of benzene rings is 1. The molecule has 1 unspecified atom stereocenters. The molecule has 0 bridgehead atoms. The maximum atomic E-state index is 5.77. The van der Waals surface area contributed by atoms with Crippen LogP contribution in [0.3, 0.4) is 0 Å². The Bertz CT molecular complexity index is 334. The van der Waals surface area contributed by atoms with Gasteiger partial charge in [0, 0.05) is 12.5 Å². The van der Waals surface area contributed by atoms with Gasteiger partial charge in [-0.1, -0.05) is 30.3 Å². The fraction of sp³-hybridized carbons (Fsp3) is 0.158. The summed E-state index contributed by atoms with van der Waals surface area (Å²) >= 11 is 0. The number of hydrogen-bond acceptors (Lipinski definition) is 1. The standard InChI is InChI=1S/C14H15O.C5H5.Fe/c1-2-15-14(13-10-6-7-11-13)12-8-4-3-5-9-12;1-2-4-5-3-1;/h3-11,14H,2H2,1H3;1-5H;/q;;+2. The fourth-order valence-corrected chi connectivity index (χ4v) is 2.06. The van der Waals surface area contributed by atoms with E-state index in [9.17, 15) is 0 Å². The summed E-state index contributed by atoms with van der Waals surface area (Å²) in [7, 11) is 0. The van der Waals surface area contributed by atoms with Crippen LogP contribution in [0.25, 0.3) is 0 Å². The van der Waals surface area contributed by atoms with Crippen molar-refractivity contribution in [1.82, 2.24) is 0 Å². The van der Waals surface area contributed by atoms with Gasteiger partial charge >= 0.3 is 17.1 Å². The van der Waals surface area contributed by atoms with E-state index in [1.54, 1.807) is 0 Å². The molecule has 0 aliphatic heterocycles. The fourth-order valence-electron chi connectivity index (χ4n) is 2.06. The van der Waals surface area contributed by atoms with E-state index in [1.165, 1.54) is 11.5 Å². The minimum atomic E-state index is 0. The molecule has 2 saturated carbocycles. The first-order valence-electron chi connectivity index (χ1n) is 6.96. The monoisotopic (exact) mass is 320 g/mol. The molecule has 2 heteroatoms. The van der Waals surface area contributed by atoms with Gasteiger partial charge in [0.2, 0.25) is 0 Å². The van der Waals surface area contributed by atoms with Gasteiger partial charge in [-0.2, -0.15) is 0 Å². The molecule has 0 amide bonds. The number of rotatable bonds is 4. The Labute approximate surface area is 141 Å². The van der Waals surface area contributed by atoms with E-state index in [4.69, 9.17) is 4.74 Å². The summed E-state index contributed by atoms with van der Waals surface area (Å²) in [6.07, 6.45) is 18.4. The van der Waals surface area contributed by atoms with Crippen molar-refractivity contribution in [2.75, 3.05) is 6.61 Å². The minimum absolute atomic E-state index is 0. The molecule has 108 valence electrons. The third-order valence-electron chi connectivity index (χ3n) is 2.98. The van der Waals surface area contributed by atoms with Crippen LogP contribution in [-0.4, -0.2) is 6.61 Å². The molecule has 0 saturated heterocycles. The Balaban J connectivity index is 0.000000313. The topological polar surface area (TPSA) is 9.23 Å². The van der Waals surface area contributed by atoms with Crippen LogP contribution in [-0.2, 0) is 21.8 Å². The summed E-state index contributed by atoms with van der Waals surface area (Å²) in [5, 5.41) is 0. The van der Waals surface area contributed by atoms with E-state index < -0.39 is 0 Å². The van der Waals surface area contributed by atoms with E-state index in [2.05, 4.69) is 25.0 Å². The zero-order valence-electron chi connectivity index (χ0n) is 12.1. The number of hydrogen-bond donors (Lipinski definition) is 0. The Morgan fingerprint density at radius 2 is 1.33 bits per heavy atom. The predicted molar refractivity (Wildman–Crippen MR) is 82.8 cm³/mol. The summed E-state index contributed by atoms with van der Waals surface area (Å²) in [5.41, 5.74) is 1.21. The zero-order valence-corrected chi connectivity index (χ0v) is 13.2. The molecule has 1 atom stereocenters. The second kappa shape index (κ2) is 11.3. The molecular weight excluding hydrogens is 300 g/mol. The molecular formula is C19H20FeO+2. The van der Waals surface area contributed by atoms with Crippen LogP contribution in [0.5, 0.6) is 0 Å². The molecule has 1 aromatic rings. The molecule has 0 heterocycles. The average molecular weight is 320 g/mol. The van der Waals surface area contributed by atoms with Crippen LogP contribution in [0.1, 0.15) is 18.6 Å². The van der Waals surface area contributed by atoms with Gasteiger partial charge in [-0.25, -0.2) is 0 Å². The molecule has 21 heavy (non-hydrogen) atoms. The van der Waals surface area contributed by atoms with Gasteiger partial charge in [0.05, 0.1) is 6.10 Å². The molecule has 2 aliphatic rings. The molecule has 1 nitrogen and oxygen atoms in total. The van der Waals surface area contributed by atoms with Crippen molar-refractivity contribution in [3.8, 4) is 0 Å². The van der Waals surface area contributed by atoms with Crippen molar-refractivity contribution in [1.29, 1.82) is 0 Å². The molecule has 10 radical (unpaired) electrons. The molecule has 0 aromatic heterocycles. The minimum Gasteiger partial charge on any atom is -0.373 e. The summed E-state index contributed by atoms with van der Waals surface area (Å²) in [5.74, 6) is 1.23. The third kappa shape index (κ3) is 6.55. The van der Waals surface area contributed by atoms with Crippen molar-refractivity contribution in [2.24, 2.45) is 0 Å². The van der Waals surface area contributed by atoms with E-state index in [0.29, 0.717) is 0 Å². The van der Waals surface area contributed by atoms with Crippen LogP contribution in [0.15, 0.2) is 30.3 Å². The Morgan fingerprint density at radius 3 is 1.81 bits per heavy atom. The van der Waals surface area contributed by atoms with Crippen molar-refractivity contribution >= 4 is 0 Å².